The van der Waals surface area contributed by atoms with Gasteiger partial charge in [0.1, 0.15) is 18.1 Å². The maximum Gasteiger partial charge on any atom is 0.350 e. The molecule has 2 heterocycles. The van der Waals surface area contributed by atoms with Crippen LogP contribution in [-0.4, -0.2) is 48.2 Å². The molecule has 0 spiro atoms. The number of fused-ring (bicyclic) bond motifs is 1. The first-order valence-electron chi connectivity index (χ1n) is 11.3. The van der Waals surface area contributed by atoms with Gasteiger partial charge in [0, 0.05) is 30.2 Å². The lowest BCUT2D eigenvalue weighted by Gasteiger charge is -2.32. The summed E-state index contributed by atoms with van der Waals surface area (Å²) in [6, 6.07) is 14.4. The molecule has 1 aliphatic heterocycles. The predicted molar refractivity (Wildman–Crippen MR) is 129 cm³/mol. The second-order valence-corrected chi connectivity index (χ2v) is 8.11. The number of ether oxygens (including phenoxy) is 2. The molecule has 178 valence electrons. The normalized spacial score (nSPS) is 14.1. The number of nitrogens with one attached hydrogen (secondary N) is 1. The predicted octanol–water partition coefficient (Wildman–Crippen LogP) is 2.82. The van der Waals surface area contributed by atoms with Gasteiger partial charge in [-0.3, -0.25) is 14.2 Å². The van der Waals surface area contributed by atoms with E-state index in [0.717, 1.165) is 5.39 Å². The number of para-hydroxylation sites is 1. The van der Waals surface area contributed by atoms with E-state index in [1.165, 1.54) is 4.57 Å². The van der Waals surface area contributed by atoms with Crippen LogP contribution in [0.3, 0.4) is 0 Å². The highest BCUT2D eigenvalue weighted by Gasteiger charge is 2.28. The van der Waals surface area contributed by atoms with Crippen LogP contribution in [0, 0.1) is 5.92 Å². The Labute approximate surface area is 197 Å². The van der Waals surface area contributed by atoms with E-state index in [-0.39, 0.29) is 24.3 Å². The maximum atomic E-state index is 13.0. The summed E-state index contributed by atoms with van der Waals surface area (Å²) in [5.41, 5.74) is 0.712. The molecule has 2 aromatic carbocycles. The monoisotopic (exact) mass is 464 g/mol. The van der Waals surface area contributed by atoms with Gasteiger partial charge in [-0.15, -0.1) is 0 Å². The molecular weight excluding hydrogens is 436 g/mol. The Bertz CT molecular complexity index is 1250. The van der Waals surface area contributed by atoms with Crippen LogP contribution < -0.4 is 20.6 Å². The third-order valence-electron chi connectivity index (χ3n) is 5.94. The number of hydrogen-bond acceptors (Lipinski definition) is 7. The Morgan fingerprint density at radius 1 is 1.12 bits per heavy atom. The molecule has 0 radical (unpaired) electrons. The molecule has 0 bridgehead atoms. The van der Waals surface area contributed by atoms with Crippen LogP contribution in [0.15, 0.2) is 53.3 Å². The number of methoxy groups -OCH3 is 1. The van der Waals surface area contributed by atoms with Crippen molar-refractivity contribution in [2.24, 2.45) is 5.92 Å². The molecule has 0 aliphatic carbocycles. The molecule has 9 nitrogen and oxygen atoms in total. The molecule has 3 aromatic rings. The van der Waals surface area contributed by atoms with E-state index in [9.17, 15) is 14.4 Å². The van der Waals surface area contributed by atoms with Crippen LogP contribution in [0.25, 0.3) is 10.9 Å². The maximum absolute atomic E-state index is 13.0. The molecule has 1 saturated heterocycles. The zero-order valence-electron chi connectivity index (χ0n) is 19.3. The van der Waals surface area contributed by atoms with Gasteiger partial charge < -0.3 is 19.7 Å². The van der Waals surface area contributed by atoms with Gasteiger partial charge in [-0.1, -0.05) is 18.2 Å². The first kappa shape index (κ1) is 23.3. The number of hydrogen-bond donors (Lipinski definition) is 1. The Hall–Kier alpha value is -3.88. The first-order chi connectivity index (χ1) is 16.5. The first-order valence-corrected chi connectivity index (χ1v) is 11.3. The number of esters is 1. The quantitative estimate of drug-likeness (QED) is 0.537. The molecule has 1 amide bonds. The number of anilines is 2. The van der Waals surface area contributed by atoms with Gasteiger partial charge in [-0.2, -0.15) is 4.98 Å². The fraction of sp³-hybridized carbons (Fsp3) is 0.360. The number of piperidine rings is 1. The fourth-order valence-electron chi connectivity index (χ4n) is 4.24. The van der Waals surface area contributed by atoms with Gasteiger partial charge >= 0.3 is 11.7 Å². The third kappa shape index (κ3) is 5.03. The van der Waals surface area contributed by atoms with Crippen molar-refractivity contribution in [1.82, 2.24) is 9.55 Å². The lowest BCUT2D eigenvalue weighted by Crippen LogP contribution is -2.39. The van der Waals surface area contributed by atoms with Crippen LogP contribution in [-0.2, 0) is 20.9 Å². The molecule has 0 atom stereocenters. The average Bonchev–Trinajstić information content (AvgIpc) is 2.86. The summed E-state index contributed by atoms with van der Waals surface area (Å²) < 4.78 is 11.7. The minimum atomic E-state index is -0.498. The molecule has 1 N–H and O–H groups in total. The van der Waals surface area contributed by atoms with Crippen molar-refractivity contribution in [3.8, 4) is 5.75 Å². The largest absolute Gasteiger partial charge is 0.497 e. The summed E-state index contributed by atoms with van der Waals surface area (Å²) in [5, 5.41) is 3.58. The Morgan fingerprint density at radius 3 is 2.62 bits per heavy atom. The lowest BCUT2D eigenvalue weighted by atomic mass is 9.97. The van der Waals surface area contributed by atoms with Crippen molar-refractivity contribution in [3.63, 3.8) is 0 Å². The smallest absolute Gasteiger partial charge is 0.350 e. The molecule has 0 saturated carbocycles. The SMILES string of the molecule is CCOC(=O)C1CCN(c2nc(=O)n(CC(=O)Nc3cccc(OC)c3)c3ccccc23)CC1. The van der Waals surface area contributed by atoms with Gasteiger partial charge in [0.2, 0.25) is 5.91 Å². The summed E-state index contributed by atoms with van der Waals surface area (Å²) in [6.45, 7) is 3.19. The Kier molecular flexibility index (Phi) is 7.10. The summed E-state index contributed by atoms with van der Waals surface area (Å²) in [4.78, 5) is 44.1. The summed E-state index contributed by atoms with van der Waals surface area (Å²) in [5.74, 6) is 0.552. The van der Waals surface area contributed by atoms with E-state index >= 15 is 0 Å². The fourth-order valence-corrected chi connectivity index (χ4v) is 4.24. The molecule has 1 fully saturated rings. The van der Waals surface area contributed by atoms with Crippen molar-refractivity contribution >= 4 is 34.3 Å². The average molecular weight is 465 g/mol. The Balaban J connectivity index is 1.56. The van der Waals surface area contributed by atoms with Crippen molar-refractivity contribution in [2.75, 3.05) is 37.0 Å². The van der Waals surface area contributed by atoms with E-state index in [1.807, 2.05) is 29.2 Å². The number of nitrogens with zero attached hydrogens (tertiary/aromatic N) is 3. The summed E-state index contributed by atoms with van der Waals surface area (Å²) in [6.07, 6.45) is 1.28. The van der Waals surface area contributed by atoms with E-state index < -0.39 is 5.69 Å². The van der Waals surface area contributed by atoms with Crippen molar-refractivity contribution in [1.29, 1.82) is 0 Å². The number of carbonyl (C=O) groups excluding carboxylic acids is 2. The van der Waals surface area contributed by atoms with E-state index in [2.05, 4.69) is 10.3 Å². The molecule has 1 aliphatic rings. The minimum Gasteiger partial charge on any atom is -0.497 e. The molecule has 0 unspecified atom stereocenters. The number of benzene rings is 2. The Morgan fingerprint density at radius 2 is 1.88 bits per heavy atom. The molecular formula is C25H28N4O5. The summed E-state index contributed by atoms with van der Waals surface area (Å²) >= 11 is 0. The van der Waals surface area contributed by atoms with Crippen LogP contribution in [0.4, 0.5) is 11.5 Å². The van der Waals surface area contributed by atoms with Crippen LogP contribution in [0.1, 0.15) is 19.8 Å². The molecule has 1 aromatic heterocycles. The molecule has 9 heteroatoms. The van der Waals surface area contributed by atoms with E-state index in [0.29, 0.717) is 55.3 Å². The summed E-state index contributed by atoms with van der Waals surface area (Å²) in [7, 11) is 1.55. The number of rotatable bonds is 7. The highest BCUT2D eigenvalue weighted by Crippen LogP contribution is 2.28. The van der Waals surface area contributed by atoms with Crippen molar-refractivity contribution in [2.45, 2.75) is 26.3 Å². The number of amides is 1. The zero-order valence-corrected chi connectivity index (χ0v) is 19.3. The highest BCUT2D eigenvalue weighted by atomic mass is 16.5. The van der Waals surface area contributed by atoms with Gasteiger partial charge in [-0.05, 0) is 44.0 Å². The molecule has 4 rings (SSSR count). The van der Waals surface area contributed by atoms with Crippen LogP contribution in [0.2, 0.25) is 0 Å². The van der Waals surface area contributed by atoms with Gasteiger partial charge in [-0.25, -0.2) is 4.79 Å². The minimum absolute atomic E-state index is 0.136. The zero-order chi connectivity index (χ0) is 24.1. The van der Waals surface area contributed by atoms with Crippen LogP contribution in [0.5, 0.6) is 5.75 Å². The molecule has 34 heavy (non-hydrogen) atoms. The van der Waals surface area contributed by atoms with Gasteiger partial charge in [0.15, 0.2) is 0 Å². The standard InChI is InChI=1S/C25H28N4O5/c1-3-34-24(31)17-11-13-28(14-12-17)23-20-9-4-5-10-21(20)29(25(32)27-23)16-22(30)26-18-7-6-8-19(15-18)33-2/h4-10,15,17H,3,11-14,16H2,1-2H3,(H,26,30). The number of carbonyl (C=O) groups is 2. The van der Waals surface area contributed by atoms with E-state index in [4.69, 9.17) is 9.47 Å². The van der Waals surface area contributed by atoms with Crippen molar-refractivity contribution < 1.29 is 19.1 Å². The van der Waals surface area contributed by atoms with Gasteiger partial charge in [0.05, 0.1) is 25.2 Å². The van der Waals surface area contributed by atoms with Gasteiger partial charge in [0.25, 0.3) is 0 Å². The highest BCUT2D eigenvalue weighted by molar-refractivity contribution is 5.94. The van der Waals surface area contributed by atoms with Crippen molar-refractivity contribution in [3.05, 3.63) is 59.0 Å². The third-order valence-corrected chi connectivity index (χ3v) is 5.94. The topological polar surface area (TPSA) is 103 Å². The number of aromatic nitrogens is 2. The second kappa shape index (κ2) is 10.4. The second-order valence-electron chi connectivity index (χ2n) is 8.11. The van der Waals surface area contributed by atoms with Crippen LogP contribution >= 0.6 is 0 Å². The lowest BCUT2D eigenvalue weighted by molar-refractivity contribution is -0.148. The van der Waals surface area contributed by atoms with E-state index in [1.54, 1.807) is 38.3 Å².